The molecule has 0 aliphatic carbocycles. The van der Waals surface area contributed by atoms with Crippen LogP contribution < -0.4 is 10.2 Å². The van der Waals surface area contributed by atoms with E-state index in [1.165, 1.54) is 5.56 Å². The van der Waals surface area contributed by atoms with Crippen molar-refractivity contribution >= 4 is 17.3 Å². The first-order valence-electron chi connectivity index (χ1n) is 7.72. The maximum absolute atomic E-state index is 12.9. The van der Waals surface area contributed by atoms with Gasteiger partial charge in [-0.2, -0.15) is 0 Å². The molecule has 1 aliphatic heterocycles. The minimum atomic E-state index is -0.856. The second kappa shape index (κ2) is 6.81. The molecule has 1 aliphatic rings. The molecule has 2 aromatic carbocycles. The average molecular weight is 312 g/mol. The average Bonchev–Trinajstić information content (AvgIpc) is 3.03. The summed E-state index contributed by atoms with van der Waals surface area (Å²) in [4.78, 5) is 14.7. The molecular weight excluding hydrogens is 292 g/mol. The van der Waals surface area contributed by atoms with Crippen LogP contribution in [0.4, 0.5) is 11.4 Å². The van der Waals surface area contributed by atoms with Gasteiger partial charge in [0.25, 0.3) is 5.91 Å². The Bertz CT molecular complexity index is 702. The van der Waals surface area contributed by atoms with Crippen molar-refractivity contribution in [3.63, 3.8) is 0 Å². The third kappa shape index (κ3) is 3.21. The predicted molar refractivity (Wildman–Crippen MR) is 89.8 cm³/mol. The van der Waals surface area contributed by atoms with Gasteiger partial charge in [0, 0.05) is 24.5 Å². The number of rotatable bonds is 5. The summed E-state index contributed by atoms with van der Waals surface area (Å²) in [7, 11) is 0. The lowest BCUT2D eigenvalue weighted by atomic mass is 10.1. The maximum Gasteiger partial charge on any atom is 0.260 e. The van der Waals surface area contributed by atoms with E-state index >= 15 is 0 Å². The van der Waals surface area contributed by atoms with Crippen LogP contribution in [-0.2, 0) is 6.42 Å². The summed E-state index contributed by atoms with van der Waals surface area (Å²) in [6, 6.07) is 15.2. The molecule has 1 atom stereocenters. The molecule has 0 fully saturated rings. The summed E-state index contributed by atoms with van der Waals surface area (Å²) in [5.41, 5.74) is 3.37. The molecule has 0 saturated carbocycles. The Kier molecular flexibility index (Phi) is 4.60. The van der Waals surface area contributed by atoms with Crippen molar-refractivity contribution < 1.29 is 15.0 Å². The zero-order valence-corrected chi connectivity index (χ0v) is 12.8. The quantitative estimate of drug-likeness (QED) is 0.785. The van der Waals surface area contributed by atoms with Gasteiger partial charge in [-0.3, -0.25) is 4.79 Å². The number of hydrogen-bond acceptors (Lipinski definition) is 4. The van der Waals surface area contributed by atoms with Gasteiger partial charge in [0.15, 0.2) is 0 Å². The third-order valence-corrected chi connectivity index (χ3v) is 4.03. The minimum Gasteiger partial charge on any atom is -0.394 e. The van der Waals surface area contributed by atoms with E-state index in [0.29, 0.717) is 17.8 Å². The molecule has 23 heavy (non-hydrogen) atoms. The number of carbonyl (C=O) groups excluding carboxylic acids is 1. The van der Waals surface area contributed by atoms with Crippen LogP contribution in [0, 0.1) is 0 Å². The van der Waals surface area contributed by atoms with Gasteiger partial charge in [-0.1, -0.05) is 30.3 Å². The zero-order chi connectivity index (χ0) is 16.2. The van der Waals surface area contributed by atoms with E-state index in [2.05, 4.69) is 5.32 Å². The number of benzene rings is 2. The smallest absolute Gasteiger partial charge is 0.260 e. The number of para-hydroxylation sites is 2. The first kappa shape index (κ1) is 15.5. The van der Waals surface area contributed by atoms with Crippen molar-refractivity contribution in [3.8, 4) is 0 Å². The van der Waals surface area contributed by atoms with Crippen LogP contribution in [0.2, 0.25) is 0 Å². The van der Waals surface area contributed by atoms with E-state index in [4.69, 9.17) is 5.11 Å². The molecule has 0 saturated heterocycles. The Morgan fingerprint density at radius 1 is 1.17 bits per heavy atom. The molecule has 1 heterocycles. The summed E-state index contributed by atoms with van der Waals surface area (Å²) in [5, 5.41) is 21.4. The number of nitrogens with zero attached hydrogens (tertiary/aromatic N) is 1. The predicted octanol–water partition coefficient (Wildman–Crippen LogP) is 1.65. The van der Waals surface area contributed by atoms with Gasteiger partial charge in [0.05, 0.1) is 18.3 Å². The van der Waals surface area contributed by atoms with Gasteiger partial charge in [-0.15, -0.1) is 0 Å². The van der Waals surface area contributed by atoms with Crippen molar-refractivity contribution in [2.75, 3.05) is 29.9 Å². The van der Waals surface area contributed by atoms with Crippen molar-refractivity contribution in [1.29, 1.82) is 0 Å². The van der Waals surface area contributed by atoms with Crippen molar-refractivity contribution in [1.82, 2.24) is 0 Å². The van der Waals surface area contributed by atoms with Gasteiger partial charge in [-0.05, 0) is 30.2 Å². The molecule has 1 amide bonds. The highest BCUT2D eigenvalue weighted by atomic mass is 16.3. The number of aliphatic hydroxyl groups excluding tert-OH is 2. The largest absolute Gasteiger partial charge is 0.394 e. The third-order valence-electron chi connectivity index (χ3n) is 4.03. The molecule has 0 spiro atoms. The van der Waals surface area contributed by atoms with Gasteiger partial charge in [-0.25, -0.2) is 0 Å². The number of anilines is 2. The van der Waals surface area contributed by atoms with Crippen LogP contribution in [0.15, 0.2) is 48.5 Å². The van der Waals surface area contributed by atoms with E-state index in [1.54, 1.807) is 17.0 Å². The molecule has 3 N–H and O–H groups in total. The first-order chi connectivity index (χ1) is 11.2. The fourth-order valence-corrected chi connectivity index (χ4v) is 2.81. The molecule has 1 unspecified atom stereocenters. The zero-order valence-electron chi connectivity index (χ0n) is 12.8. The summed E-state index contributed by atoms with van der Waals surface area (Å²) < 4.78 is 0. The summed E-state index contributed by atoms with van der Waals surface area (Å²) >= 11 is 0. The van der Waals surface area contributed by atoms with E-state index in [9.17, 15) is 9.90 Å². The van der Waals surface area contributed by atoms with Gasteiger partial charge >= 0.3 is 0 Å². The Morgan fingerprint density at radius 2 is 1.91 bits per heavy atom. The lowest BCUT2D eigenvalue weighted by Crippen LogP contribution is -2.30. The second-order valence-corrected chi connectivity index (χ2v) is 5.60. The minimum absolute atomic E-state index is 0.0588. The van der Waals surface area contributed by atoms with E-state index in [-0.39, 0.29) is 19.1 Å². The van der Waals surface area contributed by atoms with Crippen LogP contribution in [0.3, 0.4) is 0 Å². The molecule has 0 bridgehead atoms. The molecule has 0 aromatic heterocycles. The van der Waals surface area contributed by atoms with E-state index in [1.807, 2.05) is 36.4 Å². The number of fused-ring (bicyclic) bond motifs is 1. The van der Waals surface area contributed by atoms with Gasteiger partial charge in [0.2, 0.25) is 0 Å². The SMILES string of the molecule is O=C(c1ccccc1NCC(O)CO)N1CCc2ccccc21. The number of nitrogens with one attached hydrogen (secondary N) is 1. The summed E-state index contributed by atoms with van der Waals surface area (Å²) in [6.45, 7) is 0.547. The topological polar surface area (TPSA) is 72.8 Å². The van der Waals surface area contributed by atoms with Crippen molar-refractivity contribution in [2.24, 2.45) is 0 Å². The maximum atomic E-state index is 12.9. The lowest BCUT2D eigenvalue weighted by molar-refractivity contribution is 0.0988. The number of aliphatic hydroxyl groups is 2. The number of amides is 1. The van der Waals surface area contributed by atoms with Crippen LogP contribution in [-0.4, -0.2) is 41.9 Å². The van der Waals surface area contributed by atoms with E-state index < -0.39 is 6.10 Å². The summed E-state index contributed by atoms with van der Waals surface area (Å²) in [6.07, 6.45) is 0.00598. The Hall–Kier alpha value is -2.37. The molecule has 3 rings (SSSR count). The van der Waals surface area contributed by atoms with Crippen LogP contribution in [0.5, 0.6) is 0 Å². The fraction of sp³-hybridized carbons (Fsp3) is 0.278. The van der Waals surface area contributed by atoms with E-state index in [0.717, 1.165) is 12.1 Å². The number of carbonyl (C=O) groups is 1. The van der Waals surface area contributed by atoms with Gasteiger partial charge in [0.1, 0.15) is 0 Å². The number of hydrogen-bond donors (Lipinski definition) is 3. The Balaban J connectivity index is 1.83. The van der Waals surface area contributed by atoms with Crippen LogP contribution in [0.25, 0.3) is 0 Å². The standard InChI is InChI=1S/C18H20N2O3/c21-12-14(22)11-19-16-7-3-2-6-15(16)18(23)20-10-9-13-5-1-4-8-17(13)20/h1-8,14,19,21-22H,9-12H2. The fourth-order valence-electron chi connectivity index (χ4n) is 2.81. The molecule has 0 radical (unpaired) electrons. The highest BCUT2D eigenvalue weighted by Crippen LogP contribution is 2.30. The highest BCUT2D eigenvalue weighted by molar-refractivity contribution is 6.10. The lowest BCUT2D eigenvalue weighted by Gasteiger charge is -2.20. The van der Waals surface area contributed by atoms with Crippen molar-refractivity contribution in [2.45, 2.75) is 12.5 Å². The Morgan fingerprint density at radius 3 is 2.74 bits per heavy atom. The monoisotopic (exact) mass is 312 g/mol. The Labute approximate surface area is 135 Å². The van der Waals surface area contributed by atoms with Gasteiger partial charge < -0.3 is 20.4 Å². The van der Waals surface area contributed by atoms with Crippen molar-refractivity contribution in [3.05, 3.63) is 59.7 Å². The van der Waals surface area contributed by atoms with Crippen LogP contribution in [0.1, 0.15) is 15.9 Å². The molecule has 2 aromatic rings. The summed E-state index contributed by atoms with van der Waals surface area (Å²) in [5.74, 6) is -0.0588. The highest BCUT2D eigenvalue weighted by Gasteiger charge is 2.26. The normalized spacial score (nSPS) is 14.4. The van der Waals surface area contributed by atoms with Crippen LogP contribution >= 0.6 is 0 Å². The molecule has 5 nitrogen and oxygen atoms in total. The molecule has 120 valence electrons. The molecule has 5 heteroatoms. The second-order valence-electron chi connectivity index (χ2n) is 5.60. The molecular formula is C18H20N2O3. The first-order valence-corrected chi connectivity index (χ1v) is 7.72.